The Morgan fingerprint density at radius 2 is 2.07 bits per heavy atom. The molecule has 6 heteroatoms. The number of aromatic nitrogens is 1. The van der Waals surface area contributed by atoms with Crippen LogP contribution in [-0.4, -0.2) is 49.3 Å². The zero-order valence-corrected chi connectivity index (χ0v) is 18.3. The van der Waals surface area contributed by atoms with Crippen molar-refractivity contribution in [2.45, 2.75) is 71.6 Å². The summed E-state index contributed by atoms with van der Waals surface area (Å²) in [6.07, 6.45) is 8.67. The first-order chi connectivity index (χ1) is 14.1. The first-order valence-electron chi connectivity index (χ1n) is 11.5. The number of guanidine groups is 1. The molecule has 1 aromatic rings. The molecular weight excluding hydrogens is 362 g/mol. The number of hydrogen-bond acceptors (Lipinski definition) is 4. The lowest BCUT2D eigenvalue weighted by Crippen LogP contribution is -2.67. The van der Waals surface area contributed by atoms with Crippen LogP contribution in [0.2, 0.25) is 0 Å². The number of nitrogens with one attached hydrogen (secondary N) is 2. The summed E-state index contributed by atoms with van der Waals surface area (Å²) < 4.78 is 5.94. The molecule has 29 heavy (non-hydrogen) atoms. The average molecular weight is 400 g/mol. The van der Waals surface area contributed by atoms with E-state index in [-0.39, 0.29) is 5.41 Å². The molecule has 3 aliphatic rings. The van der Waals surface area contributed by atoms with Crippen LogP contribution in [0.3, 0.4) is 0 Å². The van der Waals surface area contributed by atoms with Crippen molar-refractivity contribution in [2.75, 3.05) is 31.1 Å². The third-order valence-corrected chi connectivity index (χ3v) is 6.90. The molecule has 3 fully saturated rings. The van der Waals surface area contributed by atoms with E-state index in [4.69, 9.17) is 9.73 Å². The van der Waals surface area contributed by atoms with Crippen LogP contribution < -0.4 is 15.5 Å². The lowest BCUT2D eigenvalue weighted by atomic mass is 9.57. The molecule has 3 atom stereocenters. The standard InChI is InChI=1S/C23H37N5O/c1-4-24-22(27-20-18-10-14-29-21(18)23(20,2)3)26-16-17-9-11-25-19(15-17)28-12-7-5-6-8-13-28/h9,11,15,18,20-21H,4-8,10,12-14,16H2,1-3H3,(H2,24,26,27). The molecule has 3 unspecified atom stereocenters. The predicted octanol–water partition coefficient (Wildman–Crippen LogP) is 3.33. The first kappa shape index (κ1) is 20.5. The minimum atomic E-state index is 0.147. The molecule has 0 bridgehead atoms. The monoisotopic (exact) mass is 399 g/mol. The van der Waals surface area contributed by atoms with Crippen molar-refractivity contribution in [2.24, 2.45) is 16.3 Å². The maximum absolute atomic E-state index is 5.94. The predicted molar refractivity (Wildman–Crippen MR) is 118 cm³/mol. The molecule has 6 nitrogen and oxygen atoms in total. The smallest absolute Gasteiger partial charge is 0.191 e. The number of aliphatic imine (C=N–C) groups is 1. The molecule has 2 aliphatic heterocycles. The van der Waals surface area contributed by atoms with Gasteiger partial charge >= 0.3 is 0 Å². The van der Waals surface area contributed by atoms with E-state index in [1.54, 1.807) is 0 Å². The van der Waals surface area contributed by atoms with Gasteiger partial charge in [-0.05, 0) is 43.9 Å². The third-order valence-electron chi connectivity index (χ3n) is 6.90. The molecule has 0 aromatic carbocycles. The molecule has 4 rings (SSSR count). The molecule has 2 N–H and O–H groups in total. The number of nitrogens with zero attached hydrogens (tertiary/aromatic N) is 3. The van der Waals surface area contributed by atoms with E-state index >= 15 is 0 Å². The van der Waals surface area contributed by atoms with Crippen molar-refractivity contribution < 1.29 is 4.74 Å². The Hall–Kier alpha value is -1.82. The summed E-state index contributed by atoms with van der Waals surface area (Å²) in [7, 11) is 0. The zero-order chi connectivity index (χ0) is 20.3. The van der Waals surface area contributed by atoms with E-state index in [9.17, 15) is 0 Å². The van der Waals surface area contributed by atoms with Crippen LogP contribution in [0.15, 0.2) is 23.3 Å². The summed E-state index contributed by atoms with van der Waals surface area (Å²) in [6, 6.07) is 4.72. The molecule has 1 saturated carbocycles. The average Bonchev–Trinajstić information content (AvgIpc) is 3.01. The lowest BCUT2D eigenvalue weighted by molar-refractivity contribution is -0.106. The highest BCUT2D eigenvalue weighted by atomic mass is 16.5. The Morgan fingerprint density at radius 1 is 1.28 bits per heavy atom. The van der Waals surface area contributed by atoms with Gasteiger partial charge in [-0.2, -0.15) is 0 Å². The van der Waals surface area contributed by atoms with E-state index in [2.05, 4.69) is 53.4 Å². The molecule has 160 valence electrons. The van der Waals surface area contributed by atoms with Gasteiger partial charge in [0.2, 0.25) is 0 Å². The fourth-order valence-corrected chi connectivity index (χ4v) is 5.29. The van der Waals surface area contributed by atoms with Crippen LogP contribution >= 0.6 is 0 Å². The quantitative estimate of drug-likeness (QED) is 0.587. The van der Waals surface area contributed by atoms with Crippen LogP contribution in [0.25, 0.3) is 0 Å². The normalized spacial score (nSPS) is 29.0. The van der Waals surface area contributed by atoms with Crippen molar-refractivity contribution in [3.05, 3.63) is 23.9 Å². The largest absolute Gasteiger partial charge is 0.377 e. The number of pyridine rings is 1. The maximum atomic E-state index is 5.94. The van der Waals surface area contributed by atoms with Crippen LogP contribution in [0.4, 0.5) is 5.82 Å². The first-order valence-corrected chi connectivity index (χ1v) is 11.5. The molecule has 1 aliphatic carbocycles. The molecule has 0 spiro atoms. The summed E-state index contributed by atoms with van der Waals surface area (Å²) in [6.45, 7) is 11.4. The SMILES string of the molecule is CCNC(=NCc1ccnc(N2CCCCCC2)c1)NC1C2CCOC2C1(C)C. The molecule has 3 heterocycles. The Kier molecular flexibility index (Phi) is 6.28. The topological polar surface area (TPSA) is 61.8 Å². The van der Waals surface area contributed by atoms with Gasteiger partial charge in [-0.1, -0.05) is 26.7 Å². The minimum absolute atomic E-state index is 0.147. The van der Waals surface area contributed by atoms with Crippen molar-refractivity contribution >= 4 is 11.8 Å². The molecular formula is C23H37N5O. The van der Waals surface area contributed by atoms with Gasteiger partial charge in [0.25, 0.3) is 0 Å². The summed E-state index contributed by atoms with van der Waals surface area (Å²) >= 11 is 0. The van der Waals surface area contributed by atoms with E-state index in [1.165, 1.54) is 31.2 Å². The van der Waals surface area contributed by atoms with Gasteiger partial charge in [0, 0.05) is 49.8 Å². The molecule has 1 aromatic heterocycles. The van der Waals surface area contributed by atoms with Crippen molar-refractivity contribution in [1.29, 1.82) is 0 Å². The zero-order valence-electron chi connectivity index (χ0n) is 18.3. The molecule has 0 radical (unpaired) electrons. The lowest BCUT2D eigenvalue weighted by Gasteiger charge is -2.54. The summed E-state index contributed by atoms with van der Waals surface area (Å²) in [4.78, 5) is 12.0. The number of rotatable bonds is 5. The van der Waals surface area contributed by atoms with Gasteiger partial charge in [0.1, 0.15) is 5.82 Å². The second-order valence-electron chi connectivity index (χ2n) is 9.31. The fraction of sp³-hybridized carbons (Fsp3) is 0.739. The van der Waals surface area contributed by atoms with Crippen LogP contribution in [-0.2, 0) is 11.3 Å². The molecule has 0 amide bonds. The molecule has 2 saturated heterocycles. The summed E-state index contributed by atoms with van der Waals surface area (Å²) in [5.41, 5.74) is 1.36. The van der Waals surface area contributed by atoms with Crippen LogP contribution in [0.5, 0.6) is 0 Å². The minimum Gasteiger partial charge on any atom is -0.377 e. The second kappa shape index (κ2) is 8.90. The third kappa shape index (κ3) is 4.37. The van der Waals surface area contributed by atoms with E-state index in [1.807, 2.05) is 6.20 Å². The van der Waals surface area contributed by atoms with Gasteiger partial charge in [0.15, 0.2) is 5.96 Å². The van der Waals surface area contributed by atoms with E-state index in [0.29, 0.717) is 24.6 Å². The van der Waals surface area contributed by atoms with Crippen molar-refractivity contribution in [1.82, 2.24) is 15.6 Å². The summed E-state index contributed by atoms with van der Waals surface area (Å²) in [5, 5.41) is 7.13. The van der Waals surface area contributed by atoms with Gasteiger partial charge in [-0.25, -0.2) is 9.98 Å². The Labute approximate surface area is 175 Å². The Balaban J connectivity index is 1.42. The van der Waals surface area contributed by atoms with E-state index in [0.717, 1.165) is 44.4 Å². The summed E-state index contributed by atoms with van der Waals surface area (Å²) in [5.74, 6) is 2.61. The second-order valence-corrected chi connectivity index (χ2v) is 9.31. The highest BCUT2D eigenvalue weighted by Crippen LogP contribution is 2.52. The van der Waals surface area contributed by atoms with Crippen molar-refractivity contribution in [3.8, 4) is 0 Å². The van der Waals surface area contributed by atoms with Gasteiger partial charge in [-0.15, -0.1) is 0 Å². The highest BCUT2D eigenvalue weighted by Gasteiger charge is 2.59. The number of ether oxygens (including phenoxy) is 1. The Bertz CT molecular complexity index is 711. The maximum Gasteiger partial charge on any atom is 0.191 e. The van der Waals surface area contributed by atoms with Crippen LogP contribution in [0.1, 0.15) is 58.4 Å². The number of fused-ring (bicyclic) bond motifs is 1. The Morgan fingerprint density at radius 3 is 2.83 bits per heavy atom. The van der Waals surface area contributed by atoms with Gasteiger partial charge < -0.3 is 20.3 Å². The van der Waals surface area contributed by atoms with Gasteiger partial charge in [-0.3, -0.25) is 0 Å². The van der Waals surface area contributed by atoms with Crippen molar-refractivity contribution in [3.63, 3.8) is 0 Å². The van der Waals surface area contributed by atoms with Gasteiger partial charge in [0.05, 0.1) is 12.6 Å². The van der Waals surface area contributed by atoms with E-state index < -0.39 is 0 Å². The highest BCUT2D eigenvalue weighted by molar-refractivity contribution is 5.80. The number of hydrogen-bond donors (Lipinski definition) is 2. The van der Waals surface area contributed by atoms with Crippen LogP contribution in [0, 0.1) is 11.3 Å². The number of anilines is 1. The fourth-order valence-electron chi connectivity index (χ4n) is 5.29.